The van der Waals surface area contributed by atoms with Crippen LogP contribution in [0.5, 0.6) is 0 Å². The number of rotatable bonds is 6. The van der Waals surface area contributed by atoms with Gasteiger partial charge in [0.05, 0.1) is 6.54 Å². The number of benzene rings is 1. The SMILES string of the molecule is CCCC(C)NC(=O)CNc1ccc(F)cc1I. The van der Waals surface area contributed by atoms with Crippen LogP contribution in [0.15, 0.2) is 18.2 Å². The van der Waals surface area contributed by atoms with Gasteiger partial charge in [0, 0.05) is 15.3 Å². The maximum atomic E-state index is 12.9. The summed E-state index contributed by atoms with van der Waals surface area (Å²) in [5.74, 6) is -0.318. The number of hydrogen-bond donors (Lipinski definition) is 2. The third-order valence-corrected chi connectivity index (χ3v) is 3.39. The van der Waals surface area contributed by atoms with Gasteiger partial charge in [-0.15, -0.1) is 0 Å². The van der Waals surface area contributed by atoms with E-state index in [9.17, 15) is 9.18 Å². The first-order valence-corrected chi connectivity index (χ1v) is 7.09. The van der Waals surface area contributed by atoms with Gasteiger partial charge in [-0.05, 0) is 54.1 Å². The van der Waals surface area contributed by atoms with Crippen LogP contribution in [0.1, 0.15) is 26.7 Å². The second-order valence-electron chi connectivity index (χ2n) is 4.23. The Kier molecular flexibility index (Phi) is 6.38. The van der Waals surface area contributed by atoms with Gasteiger partial charge in [-0.3, -0.25) is 4.79 Å². The number of halogens is 2. The highest BCUT2D eigenvalue weighted by atomic mass is 127. The summed E-state index contributed by atoms with van der Waals surface area (Å²) >= 11 is 2.04. The summed E-state index contributed by atoms with van der Waals surface area (Å²) in [4.78, 5) is 11.6. The molecule has 0 aliphatic heterocycles. The predicted octanol–water partition coefficient (Wildman–Crippen LogP) is 3.15. The van der Waals surface area contributed by atoms with E-state index in [-0.39, 0.29) is 24.3 Å². The normalized spacial score (nSPS) is 12.0. The minimum Gasteiger partial charge on any atom is -0.375 e. The number of carbonyl (C=O) groups is 1. The van der Waals surface area contributed by atoms with E-state index in [1.807, 2.05) is 29.5 Å². The first-order valence-electron chi connectivity index (χ1n) is 6.01. The molecule has 0 fully saturated rings. The van der Waals surface area contributed by atoms with Crippen molar-refractivity contribution in [3.8, 4) is 0 Å². The molecule has 0 saturated heterocycles. The standard InChI is InChI=1S/C13H18FIN2O/c1-3-4-9(2)17-13(18)8-16-12-6-5-10(14)7-11(12)15/h5-7,9,16H,3-4,8H2,1-2H3,(H,17,18). The third-order valence-electron chi connectivity index (χ3n) is 2.50. The summed E-state index contributed by atoms with van der Waals surface area (Å²) in [5, 5.41) is 5.91. The minimum atomic E-state index is -0.272. The number of hydrogen-bond acceptors (Lipinski definition) is 2. The molecule has 5 heteroatoms. The van der Waals surface area contributed by atoms with Crippen molar-refractivity contribution in [3.63, 3.8) is 0 Å². The van der Waals surface area contributed by atoms with Crippen LogP contribution in [0.3, 0.4) is 0 Å². The summed E-state index contributed by atoms with van der Waals surface area (Å²) in [6.07, 6.45) is 2.02. The molecule has 0 radical (unpaired) electrons. The van der Waals surface area contributed by atoms with E-state index >= 15 is 0 Å². The zero-order valence-electron chi connectivity index (χ0n) is 10.6. The maximum Gasteiger partial charge on any atom is 0.239 e. The van der Waals surface area contributed by atoms with Crippen molar-refractivity contribution in [2.75, 3.05) is 11.9 Å². The van der Waals surface area contributed by atoms with Crippen molar-refractivity contribution in [1.82, 2.24) is 5.32 Å². The maximum absolute atomic E-state index is 12.9. The van der Waals surface area contributed by atoms with E-state index in [4.69, 9.17) is 0 Å². The molecule has 0 heterocycles. The molecule has 0 aliphatic carbocycles. The lowest BCUT2D eigenvalue weighted by molar-refractivity contribution is -0.120. The van der Waals surface area contributed by atoms with Gasteiger partial charge in [0.1, 0.15) is 5.82 Å². The molecular weight excluding hydrogens is 346 g/mol. The predicted molar refractivity (Wildman–Crippen MR) is 80.1 cm³/mol. The first kappa shape index (κ1) is 15.2. The molecule has 1 aromatic rings. The van der Waals surface area contributed by atoms with Crippen molar-refractivity contribution in [3.05, 3.63) is 27.6 Å². The lowest BCUT2D eigenvalue weighted by atomic mass is 10.2. The zero-order chi connectivity index (χ0) is 13.5. The molecule has 100 valence electrons. The Hall–Kier alpha value is -0.850. The molecule has 1 rings (SSSR count). The van der Waals surface area contributed by atoms with Gasteiger partial charge in [-0.2, -0.15) is 0 Å². The summed E-state index contributed by atoms with van der Waals surface area (Å²) in [7, 11) is 0. The Morgan fingerprint density at radius 1 is 1.50 bits per heavy atom. The van der Waals surface area contributed by atoms with Gasteiger partial charge in [0.25, 0.3) is 0 Å². The molecule has 0 saturated carbocycles. The molecular formula is C13H18FIN2O. The average Bonchev–Trinajstić information content (AvgIpc) is 2.28. The molecule has 1 atom stereocenters. The summed E-state index contributed by atoms with van der Waals surface area (Å²) in [6, 6.07) is 4.64. The molecule has 3 nitrogen and oxygen atoms in total. The van der Waals surface area contributed by atoms with Gasteiger partial charge in [0.15, 0.2) is 0 Å². The summed E-state index contributed by atoms with van der Waals surface area (Å²) in [6.45, 7) is 4.28. The molecule has 2 N–H and O–H groups in total. The van der Waals surface area contributed by atoms with E-state index in [0.717, 1.165) is 22.1 Å². The van der Waals surface area contributed by atoms with Crippen LogP contribution < -0.4 is 10.6 Å². The molecule has 1 aromatic carbocycles. The molecule has 0 spiro atoms. The van der Waals surface area contributed by atoms with E-state index in [1.165, 1.54) is 12.1 Å². The fourth-order valence-electron chi connectivity index (χ4n) is 1.64. The fourth-order valence-corrected chi connectivity index (χ4v) is 2.31. The van der Waals surface area contributed by atoms with E-state index < -0.39 is 0 Å². The number of nitrogens with one attached hydrogen (secondary N) is 2. The van der Waals surface area contributed by atoms with E-state index in [2.05, 4.69) is 17.6 Å². The molecule has 1 unspecified atom stereocenters. The van der Waals surface area contributed by atoms with Crippen molar-refractivity contribution in [2.45, 2.75) is 32.7 Å². The van der Waals surface area contributed by atoms with Gasteiger partial charge >= 0.3 is 0 Å². The third kappa shape index (κ3) is 5.20. The number of anilines is 1. The summed E-state index contributed by atoms with van der Waals surface area (Å²) < 4.78 is 13.7. The second kappa shape index (κ2) is 7.56. The van der Waals surface area contributed by atoms with E-state index in [0.29, 0.717) is 0 Å². The minimum absolute atomic E-state index is 0.0453. The highest BCUT2D eigenvalue weighted by Crippen LogP contribution is 2.18. The first-order chi connectivity index (χ1) is 8.52. The fraction of sp³-hybridized carbons (Fsp3) is 0.462. The summed E-state index contributed by atoms with van der Waals surface area (Å²) in [5.41, 5.74) is 0.773. The van der Waals surface area contributed by atoms with Crippen LogP contribution in [0.4, 0.5) is 10.1 Å². The van der Waals surface area contributed by atoms with E-state index in [1.54, 1.807) is 6.07 Å². The van der Waals surface area contributed by atoms with Crippen molar-refractivity contribution in [2.24, 2.45) is 0 Å². The van der Waals surface area contributed by atoms with Crippen molar-refractivity contribution >= 4 is 34.2 Å². The van der Waals surface area contributed by atoms with Crippen LogP contribution >= 0.6 is 22.6 Å². The van der Waals surface area contributed by atoms with Gasteiger partial charge in [-0.25, -0.2) is 4.39 Å². The van der Waals surface area contributed by atoms with Crippen LogP contribution in [-0.4, -0.2) is 18.5 Å². The smallest absolute Gasteiger partial charge is 0.239 e. The van der Waals surface area contributed by atoms with Gasteiger partial charge in [-0.1, -0.05) is 13.3 Å². The van der Waals surface area contributed by atoms with Crippen LogP contribution in [0.2, 0.25) is 0 Å². The van der Waals surface area contributed by atoms with Crippen LogP contribution in [0, 0.1) is 9.39 Å². The Balaban J connectivity index is 2.42. The van der Waals surface area contributed by atoms with Gasteiger partial charge in [0.2, 0.25) is 5.91 Å². The average molecular weight is 364 g/mol. The Morgan fingerprint density at radius 2 is 2.22 bits per heavy atom. The quantitative estimate of drug-likeness (QED) is 0.762. The van der Waals surface area contributed by atoms with Crippen LogP contribution in [0.25, 0.3) is 0 Å². The molecule has 18 heavy (non-hydrogen) atoms. The number of carbonyl (C=O) groups excluding carboxylic acids is 1. The topological polar surface area (TPSA) is 41.1 Å². The van der Waals surface area contributed by atoms with Crippen LogP contribution in [-0.2, 0) is 4.79 Å². The lowest BCUT2D eigenvalue weighted by Crippen LogP contribution is -2.36. The zero-order valence-corrected chi connectivity index (χ0v) is 12.8. The molecule has 0 aliphatic rings. The molecule has 1 amide bonds. The Bertz CT molecular complexity index is 412. The molecule has 0 aromatic heterocycles. The second-order valence-corrected chi connectivity index (χ2v) is 5.40. The molecule has 0 bridgehead atoms. The Labute approximate surface area is 121 Å². The lowest BCUT2D eigenvalue weighted by Gasteiger charge is -2.14. The van der Waals surface area contributed by atoms with Crippen molar-refractivity contribution < 1.29 is 9.18 Å². The monoisotopic (exact) mass is 364 g/mol. The number of amides is 1. The highest BCUT2D eigenvalue weighted by molar-refractivity contribution is 14.1. The van der Waals surface area contributed by atoms with Gasteiger partial charge < -0.3 is 10.6 Å². The highest BCUT2D eigenvalue weighted by Gasteiger charge is 2.07. The largest absolute Gasteiger partial charge is 0.375 e. The Morgan fingerprint density at radius 3 is 2.83 bits per heavy atom. The van der Waals surface area contributed by atoms with Crippen molar-refractivity contribution in [1.29, 1.82) is 0 Å².